The highest BCUT2D eigenvalue weighted by molar-refractivity contribution is 7.98. The van der Waals surface area contributed by atoms with Crippen LogP contribution < -0.4 is 10.4 Å². The number of morpholine rings is 1. The van der Waals surface area contributed by atoms with Gasteiger partial charge < -0.3 is 14.7 Å². The van der Waals surface area contributed by atoms with Crippen LogP contribution in [0.2, 0.25) is 0 Å². The predicted octanol–water partition coefficient (Wildman–Crippen LogP) is 3.12. The Labute approximate surface area is 202 Å². The van der Waals surface area contributed by atoms with Gasteiger partial charge in [0.25, 0.3) is 5.91 Å². The molecule has 3 atom stereocenters. The number of aromatic nitrogens is 1. The number of benzene rings is 2. The second kappa shape index (κ2) is 7.08. The number of amides is 1. The van der Waals surface area contributed by atoms with E-state index in [1.54, 1.807) is 11.0 Å². The van der Waals surface area contributed by atoms with Crippen LogP contribution in [0.4, 0.5) is 8.78 Å². The van der Waals surface area contributed by atoms with Gasteiger partial charge in [0, 0.05) is 41.4 Å². The van der Waals surface area contributed by atoms with Crippen molar-refractivity contribution >= 4 is 17.7 Å². The number of rotatable bonds is 1. The second-order valence-electron chi connectivity index (χ2n) is 9.12. The van der Waals surface area contributed by atoms with Crippen molar-refractivity contribution in [1.29, 1.82) is 0 Å². The maximum atomic E-state index is 15.2. The van der Waals surface area contributed by atoms with Gasteiger partial charge in [-0.3, -0.25) is 19.3 Å². The monoisotopic (exact) mass is 495 g/mol. The van der Waals surface area contributed by atoms with Gasteiger partial charge in [-0.2, -0.15) is 0 Å². The number of aromatic hydroxyl groups is 1. The summed E-state index contributed by atoms with van der Waals surface area (Å²) >= 11 is 1.42. The SMILES string of the molecule is O=C1c2c(O)c(=O)ccn2N([C@@H]2c3ccccc3SCc3c2ccc(F)c3F)[C@]23C[C@H]2OCCN13. The molecule has 1 spiro atoms. The maximum Gasteiger partial charge on any atom is 0.278 e. The Bertz CT molecular complexity index is 1490. The van der Waals surface area contributed by atoms with Crippen LogP contribution in [0.5, 0.6) is 5.75 Å². The number of hydrogen-bond donors (Lipinski definition) is 1. The van der Waals surface area contributed by atoms with E-state index in [2.05, 4.69) is 0 Å². The van der Waals surface area contributed by atoms with Gasteiger partial charge in [0.2, 0.25) is 5.43 Å². The zero-order valence-corrected chi connectivity index (χ0v) is 19.1. The normalized spacial score (nSPS) is 26.2. The molecule has 0 bridgehead atoms. The first-order valence-electron chi connectivity index (χ1n) is 11.3. The summed E-state index contributed by atoms with van der Waals surface area (Å²) in [7, 11) is 0. The molecule has 2 fully saturated rings. The lowest BCUT2D eigenvalue weighted by molar-refractivity contribution is -0.0218. The first-order chi connectivity index (χ1) is 16.9. The summed E-state index contributed by atoms with van der Waals surface area (Å²) in [4.78, 5) is 28.4. The Hall–Kier alpha value is -3.37. The minimum atomic E-state index is -0.922. The maximum absolute atomic E-state index is 15.2. The van der Waals surface area contributed by atoms with Crippen LogP contribution in [-0.4, -0.2) is 45.5 Å². The Kier molecular flexibility index (Phi) is 4.24. The highest BCUT2D eigenvalue weighted by Gasteiger charge is 2.71. The number of carbonyl (C=O) groups excluding carboxylic acids is 1. The lowest BCUT2D eigenvalue weighted by Crippen LogP contribution is -2.68. The molecule has 3 aromatic rings. The summed E-state index contributed by atoms with van der Waals surface area (Å²) in [6, 6.07) is 10.9. The number of hydrogen-bond acceptors (Lipinski definition) is 6. The molecule has 1 aliphatic carbocycles. The highest BCUT2D eigenvalue weighted by Crippen LogP contribution is 2.56. The average Bonchev–Trinajstić information content (AvgIpc) is 3.62. The predicted molar refractivity (Wildman–Crippen MR) is 123 cm³/mol. The minimum Gasteiger partial charge on any atom is -0.502 e. The summed E-state index contributed by atoms with van der Waals surface area (Å²) in [5.74, 6) is -2.68. The number of nitrogens with zero attached hydrogens (tertiary/aromatic N) is 3. The molecule has 1 N–H and O–H groups in total. The molecule has 7 rings (SSSR count). The van der Waals surface area contributed by atoms with Crippen LogP contribution in [0, 0.1) is 11.6 Å². The van der Waals surface area contributed by atoms with Gasteiger partial charge in [-0.05, 0) is 23.3 Å². The molecule has 1 amide bonds. The molecule has 4 heterocycles. The van der Waals surface area contributed by atoms with E-state index in [1.807, 2.05) is 29.3 Å². The van der Waals surface area contributed by atoms with E-state index in [1.165, 1.54) is 28.7 Å². The average molecular weight is 496 g/mol. The quantitative estimate of drug-likeness (QED) is 0.559. The molecule has 10 heteroatoms. The Morgan fingerprint density at radius 1 is 1.09 bits per heavy atom. The van der Waals surface area contributed by atoms with Gasteiger partial charge in [0.15, 0.2) is 28.7 Å². The van der Waals surface area contributed by atoms with E-state index in [4.69, 9.17) is 4.74 Å². The topological polar surface area (TPSA) is 75.0 Å². The standard InChI is InChI=1S/C25H19F2N3O4S/c26-16-6-5-13-15(20(16)27)12-35-18-4-2-1-3-14(18)21(13)30-25-11-19(25)34-10-9-28(25)24(33)22-23(32)17(31)7-8-29(22)30/h1-8,19,21,32H,9-12H2/t19-,21+,25-/m1/s1. The molecule has 1 aromatic heterocycles. The Morgan fingerprint density at radius 3 is 2.77 bits per heavy atom. The molecule has 35 heavy (non-hydrogen) atoms. The molecule has 0 unspecified atom stereocenters. The van der Waals surface area contributed by atoms with E-state index in [9.17, 15) is 19.1 Å². The second-order valence-corrected chi connectivity index (χ2v) is 10.1. The number of ether oxygens (including phenoxy) is 1. The van der Waals surface area contributed by atoms with Crippen molar-refractivity contribution in [1.82, 2.24) is 9.58 Å². The van der Waals surface area contributed by atoms with E-state index < -0.39 is 40.4 Å². The first kappa shape index (κ1) is 21.0. The smallest absolute Gasteiger partial charge is 0.278 e. The van der Waals surface area contributed by atoms with Crippen LogP contribution in [0.15, 0.2) is 58.4 Å². The van der Waals surface area contributed by atoms with Gasteiger partial charge in [0.05, 0.1) is 12.6 Å². The zero-order valence-electron chi connectivity index (χ0n) is 18.3. The molecule has 1 saturated heterocycles. The fourth-order valence-electron chi connectivity index (χ4n) is 5.80. The van der Waals surface area contributed by atoms with Crippen LogP contribution in [0.3, 0.4) is 0 Å². The summed E-state index contributed by atoms with van der Waals surface area (Å²) < 4.78 is 37.0. The summed E-state index contributed by atoms with van der Waals surface area (Å²) in [5.41, 5.74) is -0.0345. The Morgan fingerprint density at radius 2 is 1.91 bits per heavy atom. The molecule has 7 nitrogen and oxygen atoms in total. The number of fused-ring (bicyclic) bond motifs is 3. The third-order valence-corrected chi connectivity index (χ3v) is 8.55. The van der Waals surface area contributed by atoms with Crippen LogP contribution in [0.25, 0.3) is 0 Å². The lowest BCUT2D eigenvalue weighted by atomic mass is 9.92. The number of pyridine rings is 1. The molecule has 3 aliphatic heterocycles. The fraction of sp³-hybridized carbons (Fsp3) is 0.280. The summed E-state index contributed by atoms with van der Waals surface area (Å²) in [5, 5.41) is 12.6. The van der Waals surface area contributed by atoms with Crippen molar-refractivity contribution < 1.29 is 23.4 Å². The molecule has 1 saturated carbocycles. The van der Waals surface area contributed by atoms with Crippen molar-refractivity contribution in [2.45, 2.75) is 34.9 Å². The van der Waals surface area contributed by atoms with Gasteiger partial charge in [-0.15, -0.1) is 11.8 Å². The number of thioether (sulfide) groups is 1. The van der Waals surface area contributed by atoms with E-state index in [0.29, 0.717) is 18.6 Å². The van der Waals surface area contributed by atoms with Crippen LogP contribution in [0.1, 0.15) is 39.6 Å². The van der Waals surface area contributed by atoms with Gasteiger partial charge in [-0.1, -0.05) is 24.3 Å². The molecule has 2 aromatic carbocycles. The van der Waals surface area contributed by atoms with Crippen molar-refractivity contribution in [2.75, 3.05) is 18.2 Å². The van der Waals surface area contributed by atoms with E-state index in [0.717, 1.165) is 16.5 Å². The lowest BCUT2D eigenvalue weighted by Gasteiger charge is -2.52. The van der Waals surface area contributed by atoms with Crippen LogP contribution >= 0.6 is 11.8 Å². The van der Waals surface area contributed by atoms with E-state index >= 15 is 4.39 Å². The third-order valence-electron chi connectivity index (χ3n) is 7.43. The first-order valence-corrected chi connectivity index (χ1v) is 12.3. The van der Waals surface area contributed by atoms with Crippen molar-refractivity contribution in [3.05, 3.63) is 92.9 Å². The van der Waals surface area contributed by atoms with E-state index in [-0.39, 0.29) is 29.7 Å². The molecule has 178 valence electrons. The van der Waals surface area contributed by atoms with Crippen molar-refractivity contribution in [3.8, 4) is 5.75 Å². The largest absolute Gasteiger partial charge is 0.502 e. The summed E-state index contributed by atoms with van der Waals surface area (Å²) in [6.45, 7) is 0.611. The Balaban J connectivity index is 1.57. The molecule has 4 aliphatic rings. The van der Waals surface area contributed by atoms with Crippen LogP contribution in [-0.2, 0) is 10.5 Å². The minimum absolute atomic E-state index is 0.144. The van der Waals surface area contributed by atoms with Crippen molar-refractivity contribution in [3.63, 3.8) is 0 Å². The van der Waals surface area contributed by atoms with Gasteiger partial charge >= 0.3 is 0 Å². The molecular formula is C25H19F2N3O4S. The number of carbonyl (C=O) groups is 1. The van der Waals surface area contributed by atoms with Crippen molar-refractivity contribution in [2.24, 2.45) is 0 Å². The number of halogens is 2. The zero-order chi connectivity index (χ0) is 24.1. The van der Waals surface area contributed by atoms with Gasteiger partial charge in [0.1, 0.15) is 6.10 Å². The highest BCUT2D eigenvalue weighted by atomic mass is 32.2. The molecule has 0 radical (unpaired) electrons. The fourth-order valence-corrected chi connectivity index (χ4v) is 6.91. The summed E-state index contributed by atoms with van der Waals surface area (Å²) in [6.07, 6.45) is 1.67. The molecular weight excluding hydrogens is 476 g/mol. The third kappa shape index (κ3) is 2.63. The van der Waals surface area contributed by atoms with Gasteiger partial charge in [-0.25, -0.2) is 8.78 Å².